The van der Waals surface area contributed by atoms with Gasteiger partial charge in [0.2, 0.25) is 0 Å². The Labute approximate surface area is 289 Å². The molecule has 0 heterocycles. The standard InChI is InChI=1S/2C19H19NO5/c2*1-2-18(21)25-15(13-24-19(20)22)12-23-17-11-7-6-10-16(17)14-8-4-3-5-9-14/h2*2-11,15H,1,12-13H2,(H2,20,22). The molecule has 0 radical (unpaired) electrons. The van der Waals surface area contributed by atoms with Crippen LogP contribution in [0.2, 0.25) is 0 Å². The van der Waals surface area contributed by atoms with Crippen molar-refractivity contribution in [3.63, 3.8) is 0 Å². The van der Waals surface area contributed by atoms with E-state index in [1.807, 2.05) is 109 Å². The normalized spacial score (nSPS) is 11.2. The molecule has 2 atom stereocenters. The van der Waals surface area contributed by atoms with Gasteiger partial charge in [-0.1, -0.05) is 110 Å². The van der Waals surface area contributed by atoms with E-state index in [4.69, 9.17) is 39.9 Å². The first-order chi connectivity index (χ1) is 24.2. The third-order valence-corrected chi connectivity index (χ3v) is 6.52. The van der Waals surface area contributed by atoms with E-state index in [1.54, 1.807) is 0 Å². The van der Waals surface area contributed by atoms with Gasteiger partial charge in [0, 0.05) is 23.3 Å². The summed E-state index contributed by atoms with van der Waals surface area (Å²) >= 11 is 0. The smallest absolute Gasteiger partial charge is 0.404 e. The van der Waals surface area contributed by atoms with Gasteiger partial charge >= 0.3 is 24.1 Å². The summed E-state index contributed by atoms with van der Waals surface area (Å²) in [5.74, 6) is -0.0455. The summed E-state index contributed by atoms with van der Waals surface area (Å²) in [7, 11) is 0. The lowest BCUT2D eigenvalue weighted by Gasteiger charge is -2.18. The van der Waals surface area contributed by atoms with Crippen LogP contribution in [-0.4, -0.2) is 62.8 Å². The third-order valence-electron chi connectivity index (χ3n) is 6.52. The molecule has 2 amide bonds. The second-order valence-electron chi connectivity index (χ2n) is 10.1. The number of amides is 2. The molecule has 50 heavy (non-hydrogen) atoms. The number of benzene rings is 4. The molecule has 2 unspecified atom stereocenters. The minimum absolute atomic E-state index is 0.00327. The Balaban J connectivity index is 0.000000270. The zero-order chi connectivity index (χ0) is 36.1. The van der Waals surface area contributed by atoms with E-state index in [1.165, 1.54) is 0 Å². The van der Waals surface area contributed by atoms with E-state index in [9.17, 15) is 19.2 Å². The van der Waals surface area contributed by atoms with Crippen LogP contribution in [0.5, 0.6) is 11.5 Å². The number of hydrogen-bond donors (Lipinski definition) is 2. The van der Waals surface area contributed by atoms with Gasteiger partial charge in [0.1, 0.15) is 37.9 Å². The predicted octanol–water partition coefficient (Wildman–Crippen LogP) is 5.85. The van der Waals surface area contributed by atoms with Crippen LogP contribution in [0.15, 0.2) is 135 Å². The molecule has 0 fully saturated rings. The number of para-hydroxylation sites is 2. The molecule has 4 N–H and O–H groups in total. The van der Waals surface area contributed by atoms with Crippen LogP contribution in [0.1, 0.15) is 0 Å². The SMILES string of the molecule is C=CC(=O)OC(COC(N)=O)COc1ccccc1-c1ccccc1.C=CC(=O)OC(COC(N)=O)COc1ccccc1-c1ccccc1. The second kappa shape index (κ2) is 20.6. The van der Waals surface area contributed by atoms with Crippen LogP contribution in [0, 0.1) is 0 Å². The Morgan fingerprint density at radius 3 is 1.20 bits per heavy atom. The average molecular weight is 683 g/mol. The van der Waals surface area contributed by atoms with Gasteiger partial charge in [-0.15, -0.1) is 0 Å². The molecule has 0 saturated carbocycles. The molecule has 260 valence electrons. The van der Waals surface area contributed by atoms with E-state index in [2.05, 4.69) is 13.2 Å². The molecular formula is C38H38N2O10. The predicted molar refractivity (Wildman–Crippen MR) is 186 cm³/mol. The Bertz CT molecular complexity index is 1590. The fraction of sp³-hybridized carbons (Fsp3) is 0.158. The second-order valence-corrected chi connectivity index (χ2v) is 10.1. The highest BCUT2D eigenvalue weighted by Crippen LogP contribution is 2.30. The molecule has 0 aromatic heterocycles. The van der Waals surface area contributed by atoms with Gasteiger partial charge in [0.25, 0.3) is 0 Å². The van der Waals surface area contributed by atoms with Crippen LogP contribution < -0.4 is 20.9 Å². The van der Waals surface area contributed by atoms with E-state index >= 15 is 0 Å². The maximum absolute atomic E-state index is 11.4. The number of primary amides is 2. The average Bonchev–Trinajstić information content (AvgIpc) is 3.14. The summed E-state index contributed by atoms with van der Waals surface area (Å²) in [4.78, 5) is 44.3. The largest absolute Gasteiger partial charge is 0.489 e. The number of nitrogens with two attached hydrogens (primary N) is 2. The fourth-order valence-electron chi connectivity index (χ4n) is 4.27. The van der Waals surface area contributed by atoms with Crippen molar-refractivity contribution in [2.75, 3.05) is 26.4 Å². The van der Waals surface area contributed by atoms with Crippen molar-refractivity contribution in [2.24, 2.45) is 11.5 Å². The number of carbonyl (C=O) groups is 4. The maximum Gasteiger partial charge on any atom is 0.404 e. The topological polar surface area (TPSA) is 176 Å². The van der Waals surface area contributed by atoms with Crippen molar-refractivity contribution >= 4 is 24.1 Å². The quantitative estimate of drug-likeness (QED) is 0.0828. The number of carbonyl (C=O) groups excluding carboxylic acids is 4. The monoisotopic (exact) mass is 682 g/mol. The third kappa shape index (κ3) is 13.3. The van der Waals surface area contributed by atoms with Gasteiger partial charge in [-0.25, -0.2) is 19.2 Å². The number of esters is 2. The van der Waals surface area contributed by atoms with Crippen LogP contribution in [0.4, 0.5) is 9.59 Å². The molecule has 4 rings (SSSR count). The summed E-state index contributed by atoms with van der Waals surface area (Å²) in [6.45, 7) is 6.25. The highest BCUT2D eigenvalue weighted by molar-refractivity contribution is 5.81. The first kappa shape index (κ1) is 37.9. The lowest BCUT2D eigenvalue weighted by atomic mass is 10.1. The van der Waals surface area contributed by atoms with Crippen molar-refractivity contribution in [1.82, 2.24) is 0 Å². The molecule has 0 saturated heterocycles. The van der Waals surface area contributed by atoms with Gasteiger partial charge in [-0.3, -0.25) is 0 Å². The number of hydrogen-bond acceptors (Lipinski definition) is 10. The Morgan fingerprint density at radius 1 is 0.520 bits per heavy atom. The minimum atomic E-state index is -0.954. The Hall–Kier alpha value is -6.56. The van der Waals surface area contributed by atoms with E-state index < -0.39 is 36.3 Å². The van der Waals surface area contributed by atoms with Crippen molar-refractivity contribution in [2.45, 2.75) is 12.2 Å². The summed E-state index contributed by atoms with van der Waals surface area (Å²) < 4.78 is 31.2. The molecule has 0 aliphatic carbocycles. The Kier molecular flexibility index (Phi) is 15.6. The van der Waals surface area contributed by atoms with Crippen LogP contribution in [-0.2, 0) is 28.5 Å². The van der Waals surface area contributed by atoms with Crippen molar-refractivity contribution < 1.29 is 47.6 Å². The number of rotatable bonds is 16. The summed E-state index contributed by atoms with van der Waals surface area (Å²) in [5, 5.41) is 0. The fourth-order valence-corrected chi connectivity index (χ4v) is 4.27. The molecule has 0 spiro atoms. The summed E-state index contributed by atoms with van der Waals surface area (Å²) in [6, 6.07) is 34.4. The van der Waals surface area contributed by atoms with Gasteiger partial charge in [-0.2, -0.15) is 0 Å². The first-order valence-corrected chi connectivity index (χ1v) is 15.2. The van der Waals surface area contributed by atoms with Gasteiger partial charge in [-0.05, 0) is 23.3 Å². The van der Waals surface area contributed by atoms with Crippen molar-refractivity contribution in [3.05, 3.63) is 135 Å². The molecule has 0 bridgehead atoms. The van der Waals surface area contributed by atoms with Crippen LogP contribution in [0.3, 0.4) is 0 Å². The molecule has 4 aromatic rings. The molecule has 12 nitrogen and oxygen atoms in total. The summed E-state index contributed by atoms with van der Waals surface area (Å²) in [6.07, 6.45) is -1.47. The molecule has 0 aliphatic rings. The van der Waals surface area contributed by atoms with Crippen LogP contribution in [0.25, 0.3) is 22.3 Å². The lowest BCUT2D eigenvalue weighted by Crippen LogP contribution is -2.31. The highest BCUT2D eigenvalue weighted by atomic mass is 16.6. The van der Waals surface area contributed by atoms with Gasteiger partial charge in [0.15, 0.2) is 12.2 Å². The lowest BCUT2D eigenvalue weighted by molar-refractivity contribution is -0.147. The zero-order valence-electron chi connectivity index (χ0n) is 27.2. The van der Waals surface area contributed by atoms with Gasteiger partial charge in [0.05, 0.1) is 0 Å². The molecule has 0 aliphatic heterocycles. The van der Waals surface area contributed by atoms with E-state index in [-0.39, 0.29) is 26.4 Å². The minimum Gasteiger partial charge on any atom is -0.489 e. The maximum atomic E-state index is 11.4. The first-order valence-electron chi connectivity index (χ1n) is 15.2. The molecular weight excluding hydrogens is 644 g/mol. The van der Waals surface area contributed by atoms with E-state index in [0.29, 0.717) is 11.5 Å². The van der Waals surface area contributed by atoms with Gasteiger partial charge < -0.3 is 39.9 Å². The molecule has 4 aromatic carbocycles. The van der Waals surface area contributed by atoms with Crippen LogP contribution >= 0.6 is 0 Å². The van der Waals surface area contributed by atoms with E-state index in [0.717, 1.165) is 34.4 Å². The summed E-state index contributed by atoms with van der Waals surface area (Å²) in [5.41, 5.74) is 13.7. The van der Waals surface area contributed by atoms with Crippen molar-refractivity contribution in [3.8, 4) is 33.8 Å². The zero-order valence-corrected chi connectivity index (χ0v) is 27.2. The Morgan fingerprint density at radius 2 is 0.860 bits per heavy atom. The molecule has 12 heteroatoms. The number of ether oxygens (including phenoxy) is 6. The highest BCUT2D eigenvalue weighted by Gasteiger charge is 2.18. The van der Waals surface area contributed by atoms with Crippen molar-refractivity contribution in [1.29, 1.82) is 0 Å².